The molecular weight excluding hydrogens is 274 g/mol. The molecule has 0 radical (unpaired) electrons. The van der Waals surface area contributed by atoms with Crippen molar-refractivity contribution in [1.29, 1.82) is 0 Å². The van der Waals surface area contributed by atoms with E-state index in [0.29, 0.717) is 5.69 Å². The molecule has 0 aliphatic rings. The number of aromatic nitrogens is 2. The van der Waals surface area contributed by atoms with Crippen LogP contribution in [0, 0.1) is 0 Å². The number of nitrogen functional groups attached to an aromatic ring is 1. The van der Waals surface area contributed by atoms with E-state index >= 15 is 0 Å². The maximum absolute atomic E-state index is 12.4. The van der Waals surface area contributed by atoms with E-state index in [1.54, 1.807) is 28.8 Å². The van der Waals surface area contributed by atoms with Gasteiger partial charge in [-0.25, -0.2) is 13.4 Å². The molecule has 0 amide bonds. The first-order chi connectivity index (χ1) is 9.56. The van der Waals surface area contributed by atoms with Gasteiger partial charge in [0.05, 0.1) is 22.0 Å². The van der Waals surface area contributed by atoms with Crippen molar-refractivity contribution in [2.75, 3.05) is 5.73 Å². The molecule has 2 N–H and O–H groups in total. The molecule has 0 fully saturated rings. The molecule has 0 aliphatic heterocycles. The summed E-state index contributed by atoms with van der Waals surface area (Å²) in [6, 6.07) is 12.0. The van der Waals surface area contributed by atoms with Gasteiger partial charge in [0.1, 0.15) is 5.65 Å². The number of pyridine rings is 1. The Morgan fingerprint density at radius 1 is 1.10 bits per heavy atom. The summed E-state index contributed by atoms with van der Waals surface area (Å²) in [7, 11) is -3.49. The van der Waals surface area contributed by atoms with Crippen molar-refractivity contribution in [3.63, 3.8) is 0 Å². The molecule has 0 saturated carbocycles. The van der Waals surface area contributed by atoms with Crippen LogP contribution in [0.25, 0.3) is 5.65 Å². The molecular formula is C14H13N3O2S. The van der Waals surface area contributed by atoms with Crippen molar-refractivity contribution < 1.29 is 8.42 Å². The Balaban J connectivity index is 1.99. The van der Waals surface area contributed by atoms with Crippen molar-refractivity contribution in [3.8, 4) is 0 Å². The average Bonchev–Trinajstić information content (AvgIpc) is 2.80. The van der Waals surface area contributed by atoms with E-state index in [0.717, 1.165) is 5.65 Å². The second-order valence-electron chi connectivity index (χ2n) is 4.50. The fraction of sp³-hybridized carbons (Fsp3) is 0.0714. The highest BCUT2D eigenvalue weighted by Crippen LogP contribution is 2.21. The number of hydrogen-bond donors (Lipinski definition) is 1. The molecule has 1 aromatic carbocycles. The summed E-state index contributed by atoms with van der Waals surface area (Å²) in [6.07, 6.45) is 3.54. The molecule has 20 heavy (non-hydrogen) atoms. The second kappa shape index (κ2) is 4.64. The summed E-state index contributed by atoms with van der Waals surface area (Å²) >= 11 is 0. The Labute approximate surface area is 116 Å². The first kappa shape index (κ1) is 12.7. The Morgan fingerprint density at radius 2 is 1.85 bits per heavy atom. The fourth-order valence-electron chi connectivity index (χ4n) is 2.09. The van der Waals surface area contributed by atoms with E-state index in [2.05, 4.69) is 4.98 Å². The van der Waals surface area contributed by atoms with Crippen LogP contribution in [0.2, 0.25) is 0 Å². The quantitative estimate of drug-likeness (QED) is 0.746. The lowest BCUT2D eigenvalue weighted by Gasteiger charge is -2.05. The van der Waals surface area contributed by atoms with Gasteiger partial charge in [-0.05, 0) is 24.3 Å². The van der Waals surface area contributed by atoms with Gasteiger partial charge < -0.3 is 10.1 Å². The molecule has 0 atom stereocenters. The fourth-order valence-corrected chi connectivity index (χ4v) is 3.49. The van der Waals surface area contributed by atoms with Crippen LogP contribution >= 0.6 is 0 Å². The molecule has 3 aromatic rings. The minimum Gasteiger partial charge on any atom is -0.398 e. The van der Waals surface area contributed by atoms with Gasteiger partial charge in [0.2, 0.25) is 0 Å². The zero-order valence-electron chi connectivity index (χ0n) is 10.6. The Morgan fingerprint density at radius 3 is 2.60 bits per heavy atom. The third-order valence-corrected chi connectivity index (χ3v) is 4.72. The summed E-state index contributed by atoms with van der Waals surface area (Å²) in [5.74, 6) is -0.164. The van der Waals surface area contributed by atoms with Crippen molar-refractivity contribution in [3.05, 3.63) is 60.6 Å². The molecule has 3 rings (SSSR count). The lowest BCUT2D eigenvalue weighted by molar-refractivity contribution is 0.595. The maximum atomic E-state index is 12.4. The van der Waals surface area contributed by atoms with Gasteiger partial charge in [0.25, 0.3) is 0 Å². The van der Waals surface area contributed by atoms with Gasteiger partial charge in [0.15, 0.2) is 9.84 Å². The lowest BCUT2D eigenvalue weighted by atomic mass is 10.3. The van der Waals surface area contributed by atoms with Crippen LogP contribution in [-0.2, 0) is 15.6 Å². The van der Waals surface area contributed by atoms with Gasteiger partial charge in [0, 0.05) is 12.4 Å². The third-order valence-electron chi connectivity index (χ3n) is 3.01. The van der Waals surface area contributed by atoms with Gasteiger partial charge in [-0.15, -0.1) is 0 Å². The van der Waals surface area contributed by atoms with Crippen LogP contribution in [-0.4, -0.2) is 17.8 Å². The lowest BCUT2D eigenvalue weighted by Crippen LogP contribution is -2.08. The minimum atomic E-state index is -3.49. The standard InChI is InChI=1S/C14H13N3O2S/c15-12-5-1-2-6-13(12)20(18,19)10-11-9-17-8-4-3-7-14(17)16-11/h1-9H,10,15H2. The predicted molar refractivity (Wildman–Crippen MR) is 76.9 cm³/mol. The number of fused-ring (bicyclic) bond motifs is 1. The molecule has 102 valence electrons. The highest BCUT2D eigenvalue weighted by atomic mass is 32.2. The van der Waals surface area contributed by atoms with E-state index in [1.807, 2.05) is 24.4 Å². The molecule has 6 heteroatoms. The van der Waals surface area contributed by atoms with Crippen LogP contribution in [0.15, 0.2) is 59.8 Å². The van der Waals surface area contributed by atoms with E-state index in [-0.39, 0.29) is 16.3 Å². The number of benzene rings is 1. The first-order valence-corrected chi connectivity index (χ1v) is 7.71. The number of rotatable bonds is 3. The van der Waals surface area contributed by atoms with Crippen molar-refractivity contribution >= 4 is 21.2 Å². The number of para-hydroxylation sites is 1. The highest BCUT2D eigenvalue weighted by molar-refractivity contribution is 7.90. The van der Waals surface area contributed by atoms with Crippen LogP contribution in [0.5, 0.6) is 0 Å². The van der Waals surface area contributed by atoms with E-state index < -0.39 is 9.84 Å². The third kappa shape index (κ3) is 2.25. The molecule has 0 aliphatic carbocycles. The number of imidazole rings is 1. The van der Waals surface area contributed by atoms with E-state index in [1.165, 1.54) is 6.07 Å². The summed E-state index contributed by atoms with van der Waals surface area (Å²) < 4.78 is 26.5. The smallest absolute Gasteiger partial charge is 0.186 e. The maximum Gasteiger partial charge on any atom is 0.186 e. The Kier molecular flexibility index (Phi) is 2.94. The Hall–Kier alpha value is -2.34. The summed E-state index contributed by atoms with van der Waals surface area (Å²) in [6.45, 7) is 0. The monoisotopic (exact) mass is 287 g/mol. The number of nitrogens with two attached hydrogens (primary N) is 1. The molecule has 0 saturated heterocycles. The SMILES string of the molecule is Nc1ccccc1S(=O)(=O)Cc1cn2ccccc2n1. The average molecular weight is 287 g/mol. The number of anilines is 1. The highest BCUT2D eigenvalue weighted by Gasteiger charge is 2.19. The number of nitrogens with zero attached hydrogens (tertiary/aromatic N) is 2. The zero-order chi connectivity index (χ0) is 14.2. The number of hydrogen-bond acceptors (Lipinski definition) is 4. The topological polar surface area (TPSA) is 77.5 Å². The van der Waals surface area contributed by atoms with Gasteiger partial charge in [-0.3, -0.25) is 0 Å². The summed E-state index contributed by atoms with van der Waals surface area (Å²) in [4.78, 5) is 4.45. The van der Waals surface area contributed by atoms with Crippen LogP contribution < -0.4 is 5.73 Å². The predicted octanol–water partition coefficient (Wildman–Crippen LogP) is 1.89. The molecule has 0 unspecified atom stereocenters. The second-order valence-corrected chi connectivity index (χ2v) is 6.45. The van der Waals surface area contributed by atoms with Crippen LogP contribution in [0.1, 0.15) is 5.69 Å². The van der Waals surface area contributed by atoms with Crippen molar-refractivity contribution in [2.24, 2.45) is 0 Å². The van der Waals surface area contributed by atoms with Gasteiger partial charge in [-0.1, -0.05) is 18.2 Å². The molecule has 2 aromatic heterocycles. The molecule has 2 heterocycles. The largest absolute Gasteiger partial charge is 0.398 e. The zero-order valence-corrected chi connectivity index (χ0v) is 11.4. The molecule has 0 spiro atoms. The summed E-state index contributed by atoms with van der Waals surface area (Å²) in [5.41, 5.74) is 7.21. The summed E-state index contributed by atoms with van der Waals surface area (Å²) in [5, 5.41) is 0. The van der Waals surface area contributed by atoms with Crippen molar-refractivity contribution in [2.45, 2.75) is 10.6 Å². The molecule has 0 bridgehead atoms. The van der Waals surface area contributed by atoms with Crippen LogP contribution in [0.3, 0.4) is 0 Å². The van der Waals surface area contributed by atoms with Gasteiger partial charge in [-0.2, -0.15) is 0 Å². The minimum absolute atomic E-state index is 0.150. The van der Waals surface area contributed by atoms with Crippen molar-refractivity contribution in [1.82, 2.24) is 9.38 Å². The van der Waals surface area contributed by atoms with Crippen LogP contribution in [0.4, 0.5) is 5.69 Å². The van der Waals surface area contributed by atoms with E-state index in [9.17, 15) is 8.42 Å². The number of sulfone groups is 1. The Bertz CT molecular complexity index is 836. The van der Waals surface area contributed by atoms with E-state index in [4.69, 9.17) is 5.73 Å². The first-order valence-electron chi connectivity index (χ1n) is 6.06. The molecule has 5 nitrogen and oxygen atoms in total. The normalized spacial score (nSPS) is 11.8. The van der Waals surface area contributed by atoms with Gasteiger partial charge >= 0.3 is 0 Å².